The summed E-state index contributed by atoms with van der Waals surface area (Å²) in [6.45, 7) is 2.23. The van der Waals surface area contributed by atoms with Gasteiger partial charge in [-0.05, 0) is 32.9 Å². The van der Waals surface area contributed by atoms with Gasteiger partial charge >= 0.3 is 12.0 Å². The van der Waals surface area contributed by atoms with Gasteiger partial charge in [0.15, 0.2) is 0 Å². The standard InChI is InChI=1S/C12H23N3O4/c1-15(2)6-8-19-7-5-13-12(18)14-10(11(16)17)9-3-4-9/h9-10H,3-8H2,1-2H3,(H,16,17)(H2,13,14,18). The van der Waals surface area contributed by atoms with Crippen LogP contribution < -0.4 is 10.6 Å². The molecular formula is C12H23N3O4. The molecule has 0 aromatic rings. The van der Waals surface area contributed by atoms with E-state index in [1.165, 1.54) is 0 Å². The molecule has 110 valence electrons. The van der Waals surface area contributed by atoms with E-state index >= 15 is 0 Å². The predicted octanol–water partition coefficient (Wildman–Crippen LogP) is -0.273. The molecule has 0 radical (unpaired) electrons. The second-order valence-electron chi connectivity index (χ2n) is 4.97. The normalized spacial score (nSPS) is 16.2. The fourth-order valence-electron chi connectivity index (χ4n) is 1.59. The van der Waals surface area contributed by atoms with Crippen molar-refractivity contribution in [3.63, 3.8) is 0 Å². The number of urea groups is 1. The average molecular weight is 273 g/mol. The molecule has 1 unspecified atom stereocenters. The largest absolute Gasteiger partial charge is 0.480 e. The Morgan fingerprint density at radius 1 is 1.37 bits per heavy atom. The maximum absolute atomic E-state index is 11.5. The van der Waals surface area contributed by atoms with Crippen LogP contribution in [0.25, 0.3) is 0 Å². The Balaban J connectivity index is 2.05. The van der Waals surface area contributed by atoms with Crippen LogP contribution in [0.15, 0.2) is 0 Å². The number of aliphatic carboxylic acids is 1. The summed E-state index contributed by atoms with van der Waals surface area (Å²) in [6, 6.07) is -1.22. The van der Waals surface area contributed by atoms with Crippen molar-refractivity contribution in [2.24, 2.45) is 5.92 Å². The lowest BCUT2D eigenvalue weighted by Crippen LogP contribution is -2.47. The Kier molecular flexibility index (Phi) is 6.58. The monoisotopic (exact) mass is 273 g/mol. The summed E-state index contributed by atoms with van der Waals surface area (Å²) in [5, 5.41) is 14.0. The molecule has 2 amide bonds. The van der Waals surface area contributed by atoms with E-state index in [4.69, 9.17) is 9.84 Å². The number of hydrogen-bond donors (Lipinski definition) is 3. The molecule has 1 saturated carbocycles. The highest BCUT2D eigenvalue weighted by molar-refractivity contribution is 5.83. The van der Waals surface area contributed by atoms with Crippen LogP contribution >= 0.6 is 0 Å². The van der Waals surface area contributed by atoms with Gasteiger partial charge in [-0.2, -0.15) is 0 Å². The number of likely N-dealkylation sites (N-methyl/N-ethyl adjacent to an activating group) is 1. The minimum atomic E-state index is -0.972. The van der Waals surface area contributed by atoms with E-state index in [1.54, 1.807) is 0 Å². The van der Waals surface area contributed by atoms with Crippen LogP contribution in [0.5, 0.6) is 0 Å². The first-order valence-electron chi connectivity index (χ1n) is 6.50. The predicted molar refractivity (Wildman–Crippen MR) is 70.1 cm³/mol. The van der Waals surface area contributed by atoms with Crippen molar-refractivity contribution in [3.05, 3.63) is 0 Å². The molecular weight excluding hydrogens is 250 g/mol. The third-order valence-electron chi connectivity index (χ3n) is 2.86. The molecule has 3 N–H and O–H groups in total. The van der Waals surface area contributed by atoms with Crippen LogP contribution in [0.3, 0.4) is 0 Å². The Bertz CT molecular complexity index is 305. The summed E-state index contributed by atoms with van der Waals surface area (Å²) in [4.78, 5) is 24.4. The molecule has 1 fully saturated rings. The van der Waals surface area contributed by atoms with Crippen LogP contribution in [0.1, 0.15) is 12.8 Å². The second kappa shape index (κ2) is 7.96. The molecule has 1 rings (SSSR count). The van der Waals surface area contributed by atoms with Crippen LogP contribution in [0.2, 0.25) is 0 Å². The smallest absolute Gasteiger partial charge is 0.326 e. The van der Waals surface area contributed by atoms with E-state index in [0.717, 1.165) is 19.4 Å². The number of ether oxygens (including phenoxy) is 1. The lowest BCUT2D eigenvalue weighted by molar-refractivity contribution is -0.139. The second-order valence-corrected chi connectivity index (χ2v) is 4.97. The molecule has 0 aromatic heterocycles. The Labute approximate surface area is 113 Å². The number of amides is 2. The number of nitrogens with one attached hydrogen (secondary N) is 2. The lowest BCUT2D eigenvalue weighted by Gasteiger charge is -2.14. The van der Waals surface area contributed by atoms with Gasteiger partial charge in [0.05, 0.1) is 13.2 Å². The zero-order valence-corrected chi connectivity index (χ0v) is 11.5. The first-order valence-corrected chi connectivity index (χ1v) is 6.50. The zero-order chi connectivity index (χ0) is 14.3. The van der Waals surface area contributed by atoms with Gasteiger partial charge in [0.1, 0.15) is 6.04 Å². The lowest BCUT2D eigenvalue weighted by atomic mass is 10.2. The van der Waals surface area contributed by atoms with E-state index < -0.39 is 18.0 Å². The van der Waals surface area contributed by atoms with Crippen molar-refractivity contribution in [2.75, 3.05) is 40.4 Å². The van der Waals surface area contributed by atoms with Crippen molar-refractivity contribution in [1.82, 2.24) is 15.5 Å². The molecule has 7 heteroatoms. The van der Waals surface area contributed by atoms with Gasteiger partial charge < -0.3 is 25.4 Å². The van der Waals surface area contributed by atoms with Crippen LogP contribution in [-0.4, -0.2) is 68.4 Å². The van der Waals surface area contributed by atoms with E-state index in [9.17, 15) is 9.59 Å². The van der Waals surface area contributed by atoms with Gasteiger partial charge in [-0.1, -0.05) is 0 Å². The van der Waals surface area contributed by atoms with E-state index in [1.807, 2.05) is 19.0 Å². The zero-order valence-electron chi connectivity index (χ0n) is 11.5. The number of carbonyl (C=O) groups is 2. The number of rotatable bonds is 9. The number of carboxylic acid groups (broad SMARTS) is 1. The average Bonchev–Trinajstić information content (AvgIpc) is 3.13. The Morgan fingerprint density at radius 2 is 2.05 bits per heavy atom. The third kappa shape index (κ3) is 6.97. The molecule has 0 saturated heterocycles. The SMILES string of the molecule is CN(C)CCOCCNC(=O)NC(C(=O)O)C1CC1. The van der Waals surface area contributed by atoms with Gasteiger partial charge in [-0.25, -0.2) is 9.59 Å². The molecule has 0 heterocycles. The van der Waals surface area contributed by atoms with Crippen molar-refractivity contribution in [3.8, 4) is 0 Å². The summed E-state index contributed by atoms with van der Waals surface area (Å²) < 4.78 is 5.31. The van der Waals surface area contributed by atoms with E-state index in [-0.39, 0.29) is 5.92 Å². The van der Waals surface area contributed by atoms with Crippen molar-refractivity contribution in [2.45, 2.75) is 18.9 Å². The fourth-order valence-corrected chi connectivity index (χ4v) is 1.59. The van der Waals surface area contributed by atoms with Crippen molar-refractivity contribution >= 4 is 12.0 Å². The summed E-state index contributed by atoms with van der Waals surface area (Å²) in [5.41, 5.74) is 0. The van der Waals surface area contributed by atoms with E-state index in [0.29, 0.717) is 19.8 Å². The molecule has 0 bridgehead atoms. The first kappa shape index (κ1) is 15.7. The maximum Gasteiger partial charge on any atom is 0.326 e. The van der Waals surface area contributed by atoms with Crippen LogP contribution in [0, 0.1) is 5.92 Å². The molecule has 0 aliphatic heterocycles. The van der Waals surface area contributed by atoms with Crippen molar-refractivity contribution < 1.29 is 19.4 Å². The highest BCUT2D eigenvalue weighted by Crippen LogP contribution is 2.32. The molecule has 1 aliphatic carbocycles. The van der Waals surface area contributed by atoms with Crippen LogP contribution in [-0.2, 0) is 9.53 Å². The number of hydrogen-bond acceptors (Lipinski definition) is 4. The first-order chi connectivity index (χ1) is 9.00. The van der Waals surface area contributed by atoms with Gasteiger partial charge in [0.25, 0.3) is 0 Å². The molecule has 1 aliphatic rings. The molecule has 0 spiro atoms. The summed E-state index contributed by atoms with van der Waals surface area (Å²) >= 11 is 0. The quantitative estimate of drug-likeness (QED) is 0.503. The third-order valence-corrected chi connectivity index (χ3v) is 2.86. The van der Waals surface area contributed by atoms with Gasteiger partial charge in [-0.3, -0.25) is 0 Å². The van der Waals surface area contributed by atoms with E-state index in [2.05, 4.69) is 10.6 Å². The minimum Gasteiger partial charge on any atom is -0.480 e. The molecule has 7 nitrogen and oxygen atoms in total. The highest BCUT2D eigenvalue weighted by atomic mass is 16.5. The summed E-state index contributed by atoms with van der Waals surface area (Å²) in [5.74, 6) is -0.889. The minimum absolute atomic E-state index is 0.0830. The Morgan fingerprint density at radius 3 is 2.58 bits per heavy atom. The van der Waals surface area contributed by atoms with Gasteiger partial charge in [-0.15, -0.1) is 0 Å². The van der Waals surface area contributed by atoms with Crippen molar-refractivity contribution in [1.29, 1.82) is 0 Å². The molecule has 1 atom stereocenters. The molecule has 19 heavy (non-hydrogen) atoms. The summed E-state index contributed by atoms with van der Waals surface area (Å²) in [7, 11) is 3.91. The summed E-state index contributed by atoms with van der Waals surface area (Å²) in [6.07, 6.45) is 1.73. The van der Waals surface area contributed by atoms with Gasteiger partial charge in [0.2, 0.25) is 0 Å². The van der Waals surface area contributed by atoms with Crippen LogP contribution in [0.4, 0.5) is 4.79 Å². The number of nitrogens with zero attached hydrogens (tertiary/aromatic N) is 1. The fraction of sp³-hybridized carbons (Fsp3) is 0.833. The molecule has 0 aromatic carbocycles. The van der Waals surface area contributed by atoms with Gasteiger partial charge in [0, 0.05) is 13.1 Å². The number of carboxylic acids is 1. The number of carbonyl (C=O) groups excluding carboxylic acids is 1. The topological polar surface area (TPSA) is 90.9 Å². The Hall–Kier alpha value is -1.34. The maximum atomic E-state index is 11.5. The highest BCUT2D eigenvalue weighted by Gasteiger charge is 2.37.